The third kappa shape index (κ3) is 4.72. The van der Waals surface area contributed by atoms with E-state index in [0.717, 1.165) is 11.3 Å². The second-order valence-corrected chi connectivity index (χ2v) is 6.03. The van der Waals surface area contributed by atoms with E-state index in [1.165, 1.54) is 25.2 Å². The average Bonchev–Trinajstić information content (AvgIpc) is 2.64. The van der Waals surface area contributed by atoms with Crippen LogP contribution in [0.15, 0.2) is 42.5 Å². The molecule has 0 aliphatic carbocycles. The molecule has 7 heteroatoms. The van der Waals surface area contributed by atoms with Gasteiger partial charge in [0.2, 0.25) is 0 Å². The molecule has 26 heavy (non-hydrogen) atoms. The van der Waals surface area contributed by atoms with Crippen molar-refractivity contribution >= 4 is 17.3 Å². The summed E-state index contributed by atoms with van der Waals surface area (Å²) in [5.41, 5.74) is 1.75. The number of non-ortho nitro benzene ring substituents is 1. The van der Waals surface area contributed by atoms with Crippen LogP contribution in [0.2, 0.25) is 0 Å². The van der Waals surface area contributed by atoms with Crippen LogP contribution in [0, 0.1) is 10.1 Å². The fourth-order valence-electron chi connectivity index (χ4n) is 2.56. The average molecular weight is 357 g/mol. The molecule has 0 spiro atoms. The van der Waals surface area contributed by atoms with Gasteiger partial charge < -0.3 is 15.4 Å². The van der Waals surface area contributed by atoms with Gasteiger partial charge in [0.1, 0.15) is 12.4 Å². The van der Waals surface area contributed by atoms with Crippen molar-refractivity contribution in [1.29, 1.82) is 0 Å². The highest BCUT2D eigenvalue weighted by atomic mass is 16.6. The van der Waals surface area contributed by atoms with Gasteiger partial charge in [-0.05, 0) is 23.6 Å². The Kier molecular flexibility index (Phi) is 6.54. The summed E-state index contributed by atoms with van der Waals surface area (Å²) < 4.78 is 5.84. The largest absolute Gasteiger partial charge is 0.491 e. The molecule has 2 aromatic rings. The van der Waals surface area contributed by atoms with E-state index < -0.39 is 4.92 Å². The van der Waals surface area contributed by atoms with E-state index >= 15 is 0 Å². The van der Waals surface area contributed by atoms with E-state index in [1.54, 1.807) is 0 Å². The van der Waals surface area contributed by atoms with E-state index in [9.17, 15) is 14.9 Å². The topological polar surface area (TPSA) is 93.5 Å². The van der Waals surface area contributed by atoms with Crippen molar-refractivity contribution in [2.75, 3.05) is 25.5 Å². The predicted molar refractivity (Wildman–Crippen MR) is 101 cm³/mol. The zero-order chi connectivity index (χ0) is 19.1. The Morgan fingerprint density at radius 3 is 2.62 bits per heavy atom. The lowest BCUT2D eigenvalue weighted by molar-refractivity contribution is -0.384. The first-order valence-corrected chi connectivity index (χ1v) is 8.40. The Labute approximate surface area is 152 Å². The van der Waals surface area contributed by atoms with E-state index in [2.05, 4.69) is 24.5 Å². The molecule has 0 atom stereocenters. The van der Waals surface area contributed by atoms with E-state index in [0.29, 0.717) is 24.8 Å². The lowest BCUT2D eigenvalue weighted by atomic mass is 10.0. The molecule has 0 saturated carbocycles. The van der Waals surface area contributed by atoms with Crippen LogP contribution in [-0.2, 0) is 0 Å². The standard InChI is InChI=1S/C19H23N3O4/c1-13(2)15-6-4-5-7-18(15)26-11-10-21-17-9-8-14(22(24)25)12-16(17)19(23)20-3/h4-9,12-13,21H,10-11H2,1-3H3,(H,20,23). The van der Waals surface area contributed by atoms with E-state index in [4.69, 9.17) is 4.74 Å². The molecule has 0 saturated heterocycles. The van der Waals surface area contributed by atoms with Crippen LogP contribution in [0.25, 0.3) is 0 Å². The highest BCUT2D eigenvalue weighted by Gasteiger charge is 2.15. The number of rotatable bonds is 8. The highest BCUT2D eigenvalue weighted by Crippen LogP contribution is 2.26. The molecule has 138 valence electrons. The van der Waals surface area contributed by atoms with Gasteiger partial charge in [0, 0.05) is 31.4 Å². The zero-order valence-corrected chi connectivity index (χ0v) is 15.1. The first-order chi connectivity index (χ1) is 12.4. The highest BCUT2D eigenvalue weighted by molar-refractivity contribution is 6.00. The molecule has 0 aliphatic rings. The molecule has 2 N–H and O–H groups in total. The second-order valence-electron chi connectivity index (χ2n) is 6.03. The molecule has 0 aromatic heterocycles. The van der Waals surface area contributed by atoms with Gasteiger partial charge in [0.25, 0.3) is 11.6 Å². The lowest BCUT2D eigenvalue weighted by Gasteiger charge is -2.15. The fraction of sp³-hybridized carbons (Fsp3) is 0.316. The van der Waals surface area contributed by atoms with Crippen molar-refractivity contribution in [2.24, 2.45) is 0 Å². The summed E-state index contributed by atoms with van der Waals surface area (Å²) in [6, 6.07) is 12.0. The number of carbonyl (C=O) groups excluding carboxylic acids is 1. The minimum absolute atomic E-state index is 0.128. The molecule has 7 nitrogen and oxygen atoms in total. The molecule has 0 radical (unpaired) electrons. The number of nitro groups is 1. The maximum Gasteiger partial charge on any atom is 0.270 e. The number of hydrogen-bond acceptors (Lipinski definition) is 5. The maximum atomic E-state index is 12.0. The molecule has 0 aliphatic heterocycles. The fourth-order valence-corrected chi connectivity index (χ4v) is 2.56. The molecule has 0 bridgehead atoms. The maximum absolute atomic E-state index is 12.0. The monoisotopic (exact) mass is 357 g/mol. The third-order valence-corrected chi connectivity index (χ3v) is 3.90. The molecule has 0 unspecified atom stereocenters. The number of benzene rings is 2. The number of nitrogens with zero attached hydrogens (tertiary/aromatic N) is 1. The van der Waals surface area contributed by atoms with Crippen molar-refractivity contribution < 1.29 is 14.5 Å². The van der Waals surface area contributed by atoms with Crippen molar-refractivity contribution in [1.82, 2.24) is 5.32 Å². The zero-order valence-electron chi connectivity index (χ0n) is 15.1. The molecule has 2 aromatic carbocycles. The van der Waals surface area contributed by atoms with Crippen LogP contribution >= 0.6 is 0 Å². The summed E-state index contributed by atoms with van der Waals surface area (Å²) in [4.78, 5) is 22.4. The number of amides is 1. The first kappa shape index (κ1) is 19.2. The SMILES string of the molecule is CNC(=O)c1cc([N+](=O)[O-])ccc1NCCOc1ccccc1C(C)C. The van der Waals surface area contributed by atoms with Gasteiger partial charge in [0.05, 0.1) is 10.5 Å². The van der Waals surface area contributed by atoms with Crippen molar-refractivity contribution in [3.63, 3.8) is 0 Å². The molecule has 0 heterocycles. The number of nitro benzene ring substituents is 1. The van der Waals surface area contributed by atoms with Gasteiger partial charge >= 0.3 is 0 Å². The Morgan fingerprint density at radius 1 is 1.23 bits per heavy atom. The Balaban J connectivity index is 2.04. The molecule has 2 rings (SSSR count). The van der Waals surface area contributed by atoms with Gasteiger partial charge in [-0.1, -0.05) is 32.0 Å². The summed E-state index contributed by atoms with van der Waals surface area (Å²) in [5.74, 6) is 0.801. The van der Waals surface area contributed by atoms with Gasteiger partial charge in [-0.15, -0.1) is 0 Å². The second kappa shape index (κ2) is 8.84. The van der Waals surface area contributed by atoms with Crippen LogP contribution in [0.3, 0.4) is 0 Å². The van der Waals surface area contributed by atoms with Crippen molar-refractivity contribution in [3.05, 3.63) is 63.7 Å². The van der Waals surface area contributed by atoms with Gasteiger partial charge in [-0.2, -0.15) is 0 Å². The number of para-hydroxylation sites is 1. The van der Waals surface area contributed by atoms with Crippen molar-refractivity contribution in [2.45, 2.75) is 19.8 Å². The summed E-state index contributed by atoms with van der Waals surface area (Å²) in [7, 11) is 1.48. The van der Waals surface area contributed by atoms with Crippen LogP contribution in [0.5, 0.6) is 5.75 Å². The number of anilines is 1. The molecular formula is C19H23N3O4. The normalized spacial score (nSPS) is 10.5. The van der Waals surface area contributed by atoms with Gasteiger partial charge in [-0.3, -0.25) is 14.9 Å². The van der Waals surface area contributed by atoms with E-state index in [1.807, 2.05) is 24.3 Å². The lowest BCUT2D eigenvalue weighted by Crippen LogP contribution is -2.21. The van der Waals surface area contributed by atoms with Gasteiger partial charge in [-0.25, -0.2) is 0 Å². The summed E-state index contributed by atoms with van der Waals surface area (Å²) in [6.45, 7) is 5.06. The van der Waals surface area contributed by atoms with Gasteiger partial charge in [0.15, 0.2) is 0 Å². The summed E-state index contributed by atoms with van der Waals surface area (Å²) in [6.07, 6.45) is 0. The minimum atomic E-state index is -0.526. The van der Waals surface area contributed by atoms with Crippen LogP contribution in [0.4, 0.5) is 11.4 Å². The Hall–Kier alpha value is -3.09. The quantitative estimate of drug-likeness (QED) is 0.428. The van der Waals surface area contributed by atoms with E-state index in [-0.39, 0.29) is 17.2 Å². The summed E-state index contributed by atoms with van der Waals surface area (Å²) in [5, 5.41) is 16.5. The number of nitrogens with one attached hydrogen (secondary N) is 2. The molecular weight excluding hydrogens is 334 g/mol. The smallest absolute Gasteiger partial charge is 0.270 e. The molecule has 0 fully saturated rings. The molecule has 1 amide bonds. The Morgan fingerprint density at radius 2 is 1.96 bits per heavy atom. The predicted octanol–water partition coefficient (Wildman–Crippen LogP) is 3.57. The number of ether oxygens (including phenoxy) is 1. The Bertz CT molecular complexity index is 790. The number of hydrogen-bond donors (Lipinski definition) is 2. The van der Waals surface area contributed by atoms with Crippen LogP contribution in [-0.4, -0.2) is 31.0 Å². The van der Waals surface area contributed by atoms with Crippen LogP contribution in [0.1, 0.15) is 35.7 Å². The number of carbonyl (C=O) groups is 1. The van der Waals surface area contributed by atoms with Crippen molar-refractivity contribution in [3.8, 4) is 5.75 Å². The minimum Gasteiger partial charge on any atom is -0.491 e. The summed E-state index contributed by atoms with van der Waals surface area (Å²) >= 11 is 0. The van der Waals surface area contributed by atoms with Crippen LogP contribution < -0.4 is 15.4 Å². The third-order valence-electron chi connectivity index (χ3n) is 3.90. The first-order valence-electron chi connectivity index (χ1n) is 8.40.